The van der Waals surface area contributed by atoms with Gasteiger partial charge in [0.25, 0.3) is 0 Å². The van der Waals surface area contributed by atoms with Gasteiger partial charge in [-0.25, -0.2) is 0 Å². The number of hydrogen-bond donors (Lipinski definition) is 1. The zero-order valence-electron chi connectivity index (χ0n) is 9.69. The molecule has 0 aliphatic heterocycles. The van der Waals surface area contributed by atoms with Crippen LogP contribution in [0, 0.1) is 0 Å². The van der Waals surface area contributed by atoms with Crippen molar-refractivity contribution in [2.75, 3.05) is 6.54 Å². The van der Waals surface area contributed by atoms with Crippen molar-refractivity contribution in [2.24, 2.45) is 0 Å². The summed E-state index contributed by atoms with van der Waals surface area (Å²) in [5.74, 6) is 0.928. The van der Waals surface area contributed by atoms with Crippen LogP contribution in [0.1, 0.15) is 24.4 Å². The van der Waals surface area contributed by atoms with E-state index in [0.29, 0.717) is 5.02 Å². The number of furan rings is 1. The Labute approximate surface area is 106 Å². The van der Waals surface area contributed by atoms with Gasteiger partial charge in [0.1, 0.15) is 5.76 Å². The number of likely N-dealkylation sites (N-methyl/N-ethyl adjacent to an activating group) is 1. The Morgan fingerprint density at radius 3 is 2.94 bits per heavy atom. The standard InChI is InChI=1S/C13H15ClN2O/c1-2-15-12(9-10-5-4-8-17-10)13-11(14)6-3-7-16-13/h3-8,12,15H,2,9H2,1H3. The van der Waals surface area contributed by atoms with E-state index in [0.717, 1.165) is 24.4 Å². The van der Waals surface area contributed by atoms with Crippen molar-refractivity contribution in [2.45, 2.75) is 19.4 Å². The van der Waals surface area contributed by atoms with Gasteiger partial charge in [0.05, 0.1) is 23.0 Å². The fourth-order valence-corrected chi connectivity index (χ4v) is 2.05. The molecule has 2 rings (SSSR count). The summed E-state index contributed by atoms with van der Waals surface area (Å²) in [7, 11) is 0. The molecule has 2 heterocycles. The molecule has 2 aromatic rings. The first kappa shape index (κ1) is 12.1. The number of halogens is 1. The van der Waals surface area contributed by atoms with Crippen LogP contribution in [-0.4, -0.2) is 11.5 Å². The summed E-state index contributed by atoms with van der Waals surface area (Å²) in [6, 6.07) is 7.62. The zero-order valence-corrected chi connectivity index (χ0v) is 10.4. The molecule has 0 aromatic carbocycles. The molecule has 3 nitrogen and oxygen atoms in total. The molecule has 0 aliphatic rings. The first-order chi connectivity index (χ1) is 8.31. The van der Waals surface area contributed by atoms with Gasteiger partial charge in [-0.15, -0.1) is 0 Å². The van der Waals surface area contributed by atoms with E-state index in [1.165, 1.54) is 0 Å². The van der Waals surface area contributed by atoms with E-state index < -0.39 is 0 Å². The van der Waals surface area contributed by atoms with Crippen LogP contribution in [0.5, 0.6) is 0 Å². The van der Waals surface area contributed by atoms with E-state index in [1.807, 2.05) is 24.3 Å². The largest absolute Gasteiger partial charge is 0.469 e. The van der Waals surface area contributed by atoms with Crippen molar-refractivity contribution < 1.29 is 4.42 Å². The highest BCUT2D eigenvalue weighted by atomic mass is 35.5. The Balaban J connectivity index is 2.20. The summed E-state index contributed by atoms with van der Waals surface area (Å²) in [4.78, 5) is 4.34. The van der Waals surface area contributed by atoms with Gasteiger partial charge in [0.15, 0.2) is 0 Å². The smallest absolute Gasteiger partial charge is 0.105 e. The predicted molar refractivity (Wildman–Crippen MR) is 68.1 cm³/mol. The van der Waals surface area contributed by atoms with Gasteiger partial charge in [-0.2, -0.15) is 0 Å². The average molecular weight is 251 g/mol. The minimum absolute atomic E-state index is 0.0832. The zero-order chi connectivity index (χ0) is 12.1. The molecular weight excluding hydrogens is 236 g/mol. The lowest BCUT2D eigenvalue weighted by Crippen LogP contribution is -2.24. The first-order valence-corrected chi connectivity index (χ1v) is 6.05. The van der Waals surface area contributed by atoms with Gasteiger partial charge in [0, 0.05) is 12.6 Å². The highest BCUT2D eigenvalue weighted by Gasteiger charge is 2.16. The minimum Gasteiger partial charge on any atom is -0.469 e. The maximum atomic E-state index is 6.16. The molecule has 4 heteroatoms. The minimum atomic E-state index is 0.0832. The van der Waals surface area contributed by atoms with E-state index in [1.54, 1.807) is 12.5 Å². The number of rotatable bonds is 5. The molecule has 0 fully saturated rings. The monoisotopic (exact) mass is 250 g/mol. The van der Waals surface area contributed by atoms with Crippen molar-refractivity contribution in [1.82, 2.24) is 10.3 Å². The second-order valence-corrected chi connectivity index (χ2v) is 4.17. The Kier molecular flexibility index (Phi) is 4.18. The predicted octanol–water partition coefficient (Wildman–Crippen LogP) is 3.22. The molecule has 0 amide bonds. The highest BCUT2D eigenvalue weighted by Crippen LogP contribution is 2.23. The van der Waals surface area contributed by atoms with E-state index >= 15 is 0 Å². The van der Waals surface area contributed by atoms with Crippen molar-refractivity contribution in [3.05, 3.63) is 53.2 Å². The summed E-state index contributed by atoms with van der Waals surface area (Å²) in [5.41, 5.74) is 0.868. The van der Waals surface area contributed by atoms with Gasteiger partial charge < -0.3 is 9.73 Å². The highest BCUT2D eigenvalue weighted by molar-refractivity contribution is 6.31. The Hall–Kier alpha value is -1.32. The quantitative estimate of drug-likeness (QED) is 0.886. The van der Waals surface area contributed by atoms with Crippen LogP contribution in [-0.2, 0) is 6.42 Å². The topological polar surface area (TPSA) is 38.1 Å². The fraction of sp³-hybridized carbons (Fsp3) is 0.308. The Morgan fingerprint density at radius 1 is 1.41 bits per heavy atom. The molecule has 0 saturated heterocycles. The summed E-state index contributed by atoms with van der Waals surface area (Å²) in [5, 5.41) is 4.06. The van der Waals surface area contributed by atoms with Crippen molar-refractivity contribution in [1.29, 1.82) is 0 Å². The van der Waals surface area contributed by atoms with Crippen LogP contribution in [0.15, 0.2) is 41.1 Å². The van der Waals surface area contributed by atoms with Crippen LogP contribution in [0.2, 0.25) is 5.02 Å². The Morgan fingerprint density at radius 2 is 2.29 bits per heavy atom. The van der Waals surface area contributed by atoms with E-state index in [9.17, 15) is 0 Å². The molecule has 90 valence electrons. The van der Waals surface area contributed by atoms with E-state index in [2.05, 4.69) is 17.2 Å². The molecular formula is C13H15ClN2O. The maximum absolute atomic E-state index is 6.16. The normalized spacial score (nSPS) is 12.6. The van der Waals surface area contributed by atoms with Crippen LogP contribution in [0.4, 0.5) is 0 Å². The van der Waals surface area contributed by atoms with Crippen molar-refractivity contribution in [3.63, 3.8) is 0 Å². The molecule has 1 N–H and O–H groups in total. The van der Waals surface area contributed by atoms with Gasteiger partial charge in [-0.1, -0.05) is 18.5 Å². The number of hydrogen-bond acceptors (Lipinski definition) is 3. The number of nitrogens with one attached hydrogen (secondary N) is 1. The number of nitrogens with zero attached hydrogens (tertiary/aromatic N) is 1. The van der Waals surface area contributed by atoms with Crippen molar-refractivity contribution in [3.8, 4) is 0 Å². The molecule has 0 radical (unpaired) electrons. The third-order valence-corrected chi connectivity index (χ3v) is 2.87. The average Bonchev–Trinajstić information content (AvgIpc) is 2.82. The third kappa shape index (κ3) is 3.08. The summed E-state index contributed by atoms with van der Waals surface area (Å²) < 4.78 is 5.36. The molecule has 0 aliphatic carbocycles. The fourth-order valence-electron chi connectivity index (χ4n) is 1.80. The second-order valence-electron chi connectivity index (χ2n) is 3.76. The van der Waals surface area contributed by atoms with E-state index in [-0.39, 0.29) is 6.04 Å². The van der Waals surface area contributed by atoms with Gasteiger partial charge >= 0.3 is 0 Å². The van der Waals surface area contributed by atoms with Crippen LogP contribution in [0.25, 0.3) is 0 Å². The summed E-state index contributed by atoms with van der Waals surface area (Å²) in [6.07, 6.45) is 4.18. The van der Waals surface area contributed by atoms with Crippen LogP contribution < -0.4 is 5.32 Å². The second kappa shape index (κ2) is 5.84. The lowest BCUT2D eigenvalue weighted by molar-refractivity contribution is 0.450. The Bertz CT molecular complexity index is 456. The van der Waals surface area contributed by atoms with E-state index in [4.69, 9.17) is 16.0 Å². The lowest BCUT2D eigenvalue weighted by Gasteiger charge is -2.17. The van der Waals surface area contributed by atoms with Crippen molar-refractivity contribution >= 4 is 11.6 Å². The van der Waals surface area contributed by atoms with Gasteiger partial charge in [-0.05, 0) is 30.8 Å². The third-order valence-electron chi connectivity index (χ3n) is 2.55. The molecule has 2 aromatic heterocycles. The molecule has 0 bridgehead atoms. The molecule has 17 heavy (non-hydrogen) atoms. The summed E-state index contributed by atoms with van der Waals surface area (Å²) in [6.45, 7) is 2.92. The van der Waals surface area contributed by atoms with Gasteiger partial charge in [0.2, 0.25) is 0 Å². The number of aromatic nitrogens is 1. The number of pyridine rings is 1. The molecule has 0 saturated carbocycles. The van der Waals surface area contributed by atoms with Gasteiger partial charge in [-0.3, -0.25) is 4.98 Å². The molecule has 1 atom stereocenters. The van der Waals surface area contributed by atoms with Crippen LogP contribution in [0.3, 0.4) is 0 Å². The first-order valence-electron chi connectivity index (χ1n) is 5.67. The summed E-state index contributed by atoms with van der Waals surface area (Å²) >= 11 is 6.16. The molecule has 1 unspecified atom stereocenters. The molecule has 0 spiro atoms. The maximum Gasteiger partial charge on any atom is 0.105 e. The lowest BCUT2D eigenvalue weighted by atomic mass is 10.1. The van der Waals surface area contributed by atoms with Crippen LogP contribution >= 0.6 is 11.6 Å². The SMILES string of the molecule is CCNC(Cc1ccco1)c1ncccc1Cl.